The molecule has 0 spiro atoms. The number of aliphatic carboxylic acids is 1. The summed E-state index contributed by atoms with van der Waals surface area (Å²) in [7, 11) is 0. The molecule has 110 valence electrons. The summed E-state index contributed by atoms with van der Waals surface area (Å²) in [4.78, 5) is 31.5. The molecule has 2 rings (SSSR count). The van der Waals surface area contributed by atoms with E-state index in [1.807, 2.05) is 13.8 Å². The molecule has 0 aliphatic heterocycles. The molecule has 1 heterocycles. The van der Waals surface area contributed by atoms with E-state index in [9.17, 15) is 9.59 Å². The lowest BCUT2D eigenvalue weighted by atomic mass is 10.1. The van der Waals surface area contributed by atoms with E-state index in [2.05, 4.69) is 15.3 Å². The van der Waals surface area contributed by atoms with Gasteiger partial charge >= 0.3 is 5.97 Å². The fraction of sp³-hybridized carbons (Fsp3) is 0.333. The maximum Gasteiger partial charge on any atom is 0.308 e. The number of benzene rings is 1. The molecule has 0 saturated carbocycles. The molecule has 0 saturated heterocycles. The monoisotopic (exact) mass is 287 g/mol. The Kier molecular flexibility index (Phi) is 4.16. The summed E-state index contributed by atoms with van der Waals surface area (Å²) in [5, 5.41) is 11.4. The minimum Gasteiger partial charge on any atom is -0.481 e. The maximum absolute atomic E-state index is 12.0. The number of hydrogen-bond acceptors (Lipinski definition) is 4. The van der Waals surface area contributed by atoms with Crippen molar-refractivity contribution in [2.45, 2.75) is 20.8 Å². The summed E-state index contributed by atoms with van der Waals surface area (Å²) in [5.74, 6) is -1.88. The summed E-state index contributed by atoms with van der Waals surface area (Å²) >= 11 is 0. The van der Waals surface area contributed by atoms with Crippen molar-refractivity contribution in [1.29, 1.82) is 0 Å². The minimum absolute atomic E-state index is 0.0881. The van der Waals surface area contributed by atoms with Crippen molar-refractivity contribution in [2.75, 3.05) is 6.54 Å². The van der Waals surface area contributed by atoms with Crippen LogP contribution in [-0.4, -0.2) is 33.5 Å². The number of nitrogens with one attached hydrogen (secondary N) is 1. The normalized spacial score (nSPS) is 12.1. The fourth-order valence-corrected chi connectivity index (χ4v) is 1.81. The standard InChI is InChI=1S/C15H17N3O3/c1-8(15(20)21)7-16-14(19)11-4-5-12-13(6-11)18-10(3)9(2)17-12/h4-6,8H,7H2,1-3H3,(H,16,19)(H,20,21)/t8-/m1/s1. The van der Waals surface area contributed by atoms with Gasteiger partial charge in [-0.1, -0.05) is 6.92 Å². The average molecular weight is 287 g/mol. The Hall–Kier alpha value is -2.50. The first kappa shape index (κ1) is 14.9. The molecule has 21 heavy (non-hydrogen) atoms. The van der Waals surface area contributed by atoms with Gasteiger partial charge in [-0.25, -0.2) is 9.97 Å². The molecule has 0 bridgehead atoms. The number of hydrogen-bond donors (Lipinski definition) is 2. The number of carbonyl (C=O) groups is 2. The molecule has 6 nitrogen and oxygen atoms in total. The van der Waals surface area contributed by atoms with E-state index in [0.29, 0.717) is 11.1 Å². The Balaban J connectivity index is 2.20. The van der Waals surface area contributed by atoms with E-state index in [1.165, 1.54) is 0 Å². The van der Waals surface area contributed by atoms with Crippen molar-refractivity contribution in [2.24, 2.45) is 5.92 Å². The van der Waals surface area contributed by atoms with Crippen LogP contribution in [0.15, 0.2) is 18.2 Å². The average Bonchev–Trinajstić information content (AvgIpc) is 2.45. The van der Waals surface area contributed by atoms with E-state index in [1.54, 1.807) is 25.1 Å². The molecule has 2 aromatic rings. The topological polar surface area (TPSA) is 92.2 Å². The second-order valence-corrected chi connectivity index (χ2v) is 5.05. The molecule has 1 aromatic heterocycles. The van der Waals surface area contributed by atoms with Crippen LogP contribution in [0.3, 0.4) is 0 Å². The first-order valence-electron chi connectivity index (χ1n) is 6.64. The van der Waals surface area contributed by atoms with Gasteiger partial charge < -0.3 is 10.4 Å². The van der Waals surface area contributed by atoms with E-state index in [4.69, 9.17) is 5.11 Å². The number of amides is 1. The quantitative estimate of drug-likeness (QED) is 0.892. The van der Waals surface area contributed by atoms with Crippen molar-refractivity contribution >= 4 is 22.9 Å². The summed E-state index contributed by atoms with van der Waals surface area (Å²) in [6.45, 7) is 5.38. The van der Waals surface area contributed by atoms with E-state index >= 15 is 0 Å². The molecule has 0 aliphatic carbocycles. The molecule has 0 fully saturated rings. The lowest BCUT2D eigenvalue weighted by Gasteiger charge is -2.09. The van der Waals surface area contributed by atoms with Crippen LogP contribution in [-0.2, 0) is 4.79 Å². The summed E-state index contributed by atoms with van der Waals surface area (Å²) in [6.07, 6.45) is 0. The maximum atomic E-state index is 12.0. The molecule has 6 heteroatoms. The van der Waals surface area contributed by atoms with Crippen LogP contribution in [0.25, 0.3) is 11.0 Å². The van der Waals surface area contributed by atoms with Crippen molar-refractivity contribution in [3.05, 3.63) is 35.2 Å². The molecule has 0 unspecified atom stereocenters. The third-order valence-electron chi connectivity index (χ3n) is 3.33. The van der Waals surface area contributed by atoms with Gasteiger partial charge in [0.2, 0.25) is 0 Å². The van der Waals surface area contributed by atoms with Gasteiger partial charge in [-0.15, -0.1) is 0 Å². The number of aromatic nitrogens is 2. The van der Waals surface area contributed by atoms with Crippen LogP contribution < -0.4 is 5.32 Å². The van der Waals surface area contributed by atoms with Crippen LogP contribution >= 0.6 is 0 Å². The third kappa shape index (κ3) is 3.34. The molecule has 1 atom stereocenters. The van der Waals surface area contributed by atoms with Crippen LogP contribution in [0, 0.1) is 19.8 Å². The van der Waals surface area contributed by atoms with Gasteiger partial charge in [0.05, 0.1) is 28.3 Å². The highest BCUT2D eigenvalue weighted by atomic mass is 16.4. The van der Waals surface area contributed by atoms with E-state index in [-0.39, 0.29) is 12.5 Å². The number of rotatable bonds is 4. The molecular formula is C15H17N3O3. The van der Waals surface area contributed by atoms with Gasteiger partial charge in [-0.05, 0) is 32.0 Å². The summed E-state index contributed by atoms with van der Waals surface area (Å²) in [6, 6.07) is 5.06. The zero-order chi connectivity index (χ0) is 15.6. The number of aryl methyl sites for hydroxylation is 2. The van der Waals surface area contributed by atoms with E-state index in [0.717, 1.165) is 16.9 Å². The summed E-state index contributed by atoms with van der Waals surface area (Å²) in [5.41, 5.74) is 3.50. The zero-order valence-corrected chi connectivity index (χ0v) is 12.2. The Morgan fingerprint density at radius 1 is 1.19 bits per heavy atom. The van der Waals surface area contributed by atoms with Gasteiger partial charge in [-0.2, -0.15) is 0 Å². The number of nitrogens with zero attached hydrogens (tertiary/aromatic N) is 2. The van der Waals surface area contributed by atoms with Gasteiger partial charge in [0.15, 0.2) is 0 Å². The first-order chi connectivity index (χ1) is 9.88. The van der Waals surface area contributed by atoms with Crippen LogP contribution in [0.2, 0.25) is 0 Å². The molecule has 0 aliphatic rings. The Labute approximate surface area is 122 Å². The van der Waals surface area contributed by atoms with Crippen LogP contribution in [0.1, 0.15) is 28.7 Å². The highest BCUT2D eigenvalue weighted by Crippen LogP contribution is 2.14. The molecule has 2 N–H and O–H groups in total. The lowest BCUT2D eigenvalue weighted by Crippen LogP contribution is -2.31. The highest BCUT2D eigenvalue weighted by molar-refractivity contribution is 5.97. The number of carbonyl (C=O) groups excluding carboxylic acids is 1. The SMILES string of the molecule is Cc1nc2ccc(C(=O)NC[C@@H](C)C(=O)O)cc2nc1C. The predicted octanol–water partition coefficient (Wildman–Crippen LogP) is 1.70. The lowest BCUT2D eigenvalue weighted by molar-refractivity contribution is -0.140. The van der Waals surface area contributed by atoms with Gasteiger partial charge in [0.25, 0.3) is 5.91 Å². The van der Waals surface area contributed by atoms with Gasteiger partial charge in [0, 0.05) is 12.1 Å². The molecular weight excluding hydrogens is 270 g/mol. The number of fused-ring (bicyclic) bond motifs is 1. The van der Waals surface area contributed by atoms with Crippen LogP contribution in [0.5, 0.6) is 0 Å². The van der Waals surface area contributed by atoms with Gasteiger partial charge in [-0.3, -0.25) is 9.59 Å². The Morgan fingerprint density at radius 3 is 2.43 bits per heavy atom. The Morgan fingerprint density at radius 2 is 1.81 bits per heavy atom. The van der Waals surface area contributed by atoms with Crippen molar-refractivity contribution in [3.63, 3.8) is 0 Å². The number of carboxylic acids is 1. The third-order valence-corrected chi connectivity index (χ3v) is 3.33. The predicted molar refractivity (Wildman–Crippen MR) is 78.1 cm³/mol. The fourth-order valence-electron chi connectivity index (χ4n) is 1.81. The molecule has 0 radical (unpaired) electrons. The molecule has 1 aromatic carbocycles. The van der Waals surface area contributed by atoms with Crippen molar-refractivity contribution in [3.8, 4) is 0 Å². The Bertz CT molecular complexity index is 713. The van der Waals surface area contributed by atoms with Crippen molar-refractivity contribution in [1.82, 2.24) is 15.3 Å². The smallest absolute Gasteiger partial charge is 0.308 e. The first-order valence-corrected chi connectivity index (χ1v) is 6.64. The zero-order valence-electron chi connectivity index (χ0n) is 12.2. The van der Waals surface area contributed by atoms with Crippen molar-refractivity contribution < 1.29 is 14.7 Å². The highest BCUT2D eigenvalue weighted by Gasteiger charge is 2.14. The second kappa shape index (κ2) is 5.87. The van der Waals surface area contributed by atoms with Crippen LogP contribution in [0.4, 0.5) is 0 Å². The largest absolute Gasteiger partial charge is 0.481 e. The molecule has 1 amide bonds. The van der Waals surface area contributed by atoms with E-state index < -0.39 is 11.9 Å². The number of carboxylic acid groups (broad SMARTS) is 1. The second-order valence-electron chi connectivity index (χ2n) is 5.05. The summed E-state index contributed by atoms with van der Waals surface area (Å²) < 4.78 is 0. The van der Waals surface area contributed by atoms with Gasteiger partial charge in [0.1, 0.15) is 0 Å². The minimum atomic E-state index is -0.939.